The zero-order valence-corrected chi connectivity index (χ0v) is 10.4. The molecule has 94 valence electrons. The third-order valence-electron chi connectivity index (χ3n) is 1.76. The molecule has 0 bridgehead atoms. The van der Waals surface area contributed by atoms with Crippen LogP contribution in [0.25, 0.3) is 0 Å². The van der Waals surface area contributed by atoms with Gasteiger partial charge in [-0.2, -0.15) is 0 Å². The Labute approximate surface area is 99.7 Å². The van der Waals surface area contributed by atoms with Gasteiger partial charge in [0.05, 0.1) is 18.5 Å². The van der Waals surface area contributed by atoms with Crippen molar-refractivity contribution in [2.75, 3.05) is 0 Å². The highest BCUT2D eigenvalue weighted by atomic mass is 16.6. The molecule has 0 saturated heterocycles. The maximum absolute atomic E-state index is 11.6. The Hall–Kier alpha value is -1.78. The predicted octanol–water partition coefficient (Wildman–Crippen LogP) is 2.41. The number of rotatable bonds is 4. The average Bonchev–Trinajstić information content (AvgIpc) is 2.63. The molecule has 0 N–H and O–H groups in total. The standard InChI is InChI=1S/C12H16O5/c1-7(2)16-11(13)9-5-6-15-10(9)12(14)17-8(3)4/h5-8H,1-4H3. The van der Waals surface area contributed by atoms with Gasteiger partial charge in [0.2, 0.25) is 5.76 Å². The van der Waals surface area contributed by atoms with Gasteiger partial charge in [0.1, 0.15) is 5.56 Å². The van der Waals surface area contributed by atoms with E-state index < -0.39 is 11.9 Å². The highest BCUT2D eigenvalue weighted by Gasteiger charge is 2.24. The van der Waals surface area contributed by atoms with Crippen molar-refractivity contribution in [1.82, 2.24) is 0 Å². The molecule has 0 fully saturated rings. The normalized spacial score (nSPS) is 10.7. The Balaban J connectivity index is 2.85. The fraction of sp³-hybridized carbons (Fsp3) is 0.500. The quantitative estimate of drug-likeness (QED) is 0.756. The lowest BCUT2D eigenvalue weighted by atomic mass is 10.2. The van der Waals surface area contributed by atoms with Gasteiger partial charge in [-0.05, 0) is 33.8 Å². The Morgan fingerprint density at radius 2 is 1.59 bits per heavy atom. The van der Waals surface area contributed by atoms with Crippen LogP contribution in [0.3, 0.4) is 0 Å². The van der Waals surface area contributed by atoms with Crippen LogP contribution in [-0.2, 0) is 9.47 Å². The number of carbonyl (C=O) groups excluding carboxylic acids is 2. The Bertz CT molecular complexity index is 366. The van der Waals surface area contributed by atoms with E-state index in [9.17, 15) is 9.59 Å². The second-order valence-electron chi connectivity index (χ2n) is 4.07. The van der Waals surface area contributed by atoms with Crippen molar-refractivity contribution in [3.05, 3.63) is 23.7 Å². The van der Waals surface area contributed by atoms with E-state index >= 15 is 0 Å². The van der Waals surface area contributed by atoms with E-state index in [4.69, 9.17) is 13.9 Å². The highest BCUT2D eigenvalue weighted by Crippen LogP contribution is 2.15. The second-order valence-corrected chi connectivity index (χ2v) is 4.07. The molecule has 0 aliphatic carbocycles. The van der Waals surface area contributed by atoms with Crippen LogP contribution in [0.4, 0.5) is 0 Å². The molecule has 0 aromatic carbocycles. The maximum Gasteiger partial charge on any atom is 0.375 e. The number of esters is 2. The van der Waals surface area contributed by atoms with Crippen molar-refractivity contribution in [3.63, 3.8) is 0 Å². The van der Waals surface area contributed by atoms with Crippen LogP contribution in [0.15, 0.2) is 16.7 Å². The first kappa shape index (κ1) is 13.3. The monoisotopic (exact) mass is 240 g/mol. The third kappa shape index (κ3) is 3.62. The van der Waals surface area contributed by atoms with Crippen molar-refractivity contribution in [3.8, 4) is 0 Å². The van der Waals surface area contributed by atoms with Crippen LogP contribution in [0, 0.1) is 0 Å². The summed E-state index contributed by atoms with van der Waals surface area (Å²) in [5.74, 6) is -1.38. The Kier molecular flexibility index (Phi) is 4.31. The van der Waals surface area contributed by atoms with Crippen LogP contribution in [0.1, 0.15) is 48.6 Å². The Morgan fingerprint density at radius 1 is 1.06 bits per heavy atom. The summed E-state index contributed by atoms with van der Waals surface area (Å²) >= 11 is 0. The lowest BCUT2D eigenvalue weighted by molar-refractivity contribution is 0.0301. The van der Waals surface area contributed by atoms with Crippen LogP contribution < -0.4 is 0 Å². The molecule has 0 spiro atoms. The first-order valence-corrected chi connectivity index (χ1v) is 5.41. The van der Waals surface area contributed by atoms with E-state index in [2.05, 4.69) is 0 Å². The maximum atomic E-state index is 11.6. The molecule has 0 aliphatic rings. The van der Waals surface area contributed by atoms with Gasteiger partial charge in [0.15, 0.2) is 0 Å². The Morgan fingerprint density at radius 3 is 2.12 bits per heavy atom. The summed E-state index contributed by atoms with van der Waals surface area (Å²) in [6.45, 7) is 6.88. The minimum atomic E-state index is -0.666. The number of furan rings is 1. The SMILES string of the molecule is CC(C)OC(=O)c1ccoc1C(=O)OC(C)C. The topological polar surface area (TPSA) is 65.7 Å². The van der Waals surface area contributed by atoms with Gasteiger partial charge >= 0.3 is 11.9 Å². The van der Waals surface area contributed by atoms with Gasteiger partial charge in [-0.25, -0.2) is 9.59 Å². The zero-order chi connectivity index (χ0) is 13.0. The molecular formula is C12H16O5. The molecule has 5 nitrogen and oxygen atoms in total. The minimum absolute atomic E-state index is 0.0874. The third-order valence-corrected chi connectivity index (χ3v) is 1.76. The van der Waals surface area contributed by atoms with Crippen molar-refractivity contribution in [2.24, 2.45) is 0 Å². The van der Waals surface area contributed by atoms with E-state index in [0.29, 0.717) is 0 Å². The van der Waals surface area contributed by atoms with E-state index in [1.165, 1.54) is 12.3 Å². The van der Waals surface area contributed by atoms with Crippen LogP contribution >= 0.6 is 0 Å². The fourth-order valence-corrected chi connectivity index (χ4v) is 1.17. The molecule has 17 heavy (non-hydrogen) atoms. The van der Waals surface area contributed by atoms with Crippen LogP contribution in [-0.4, -0.2) is 24.1 Å². The molecule has 0 atom stereocenters. The predicted molar refractivity (Wildman–Crippen MR) is 59.8 cm³/mol. The van der Waals surface area contributed by atoms with E-state index in [0.717, 1.165) is 0 Å². The fourth-order valence-electron chi connectivity index (χ4n) is 1.17. The summed E-state index contributed by atoms with van der Waals surface area (Å²) in [5, 5.41) is 0. The number of carbonyl (C=O) groups is 2. The summed E-state index contributed by atoms with van der Waals surface area (Å²) in [7, 11) is 0. The molecule has 0 amide bonds. The highest BCUT2D eigenvalue weighted by molar-refractivity contribution is 6.01. The van der Waals surface area contributed by atoms with Crippen LogP contribution in [0.2, 0.25) is 0 Å². The minimum Gasteiger partial charge on any atom is -0.459 e. The summed E-state index contributed by atoms with van der Waals surface area (Å²) in [5.41, 5.74) is 0.0874. The molecule has 0 saturated carbocycles. The summed E-state index contributed by atoms with van der Waals surface area (Å²) in [6, 6.07) is 1.39. The molecule has 1 aromatic heterocycles. The molecule has 1 heterocycles. The molecule has 5 heteroatoms. The second kappa shape index (κ2) is 5.52. The summed E-state index contributed by atoms with van der Waals surface area (Å²) in [6.07, 6.45) is 0.723. The number of ether oxygens (including phenoxy) is 2. The first-order valence-electron chi connectivity index (χ1n) is 5.41. The molecule has 1 rings (SSSR count). The van der Waals surface area contributed by atoms with Gasteiger partial charge in [-0.1, -0.05) is 0 Å². The largest absolute Gasteiger partial charge is 0.459 e. The van der Waals surface area contributed by atoms with Gasteiger partial charge in [-0.15, -0.1) is 0 Å². The van der Waals surface area contributed by atoms with E-state index in [-0.39, 0.29) is 23.5 Å². The lowest BCUT2D eigenvalue weighted by Gasteiger charge is -2.09. The number of hydrogen-bond donors (Lipinski definition) is 0. The molecule has 0 aliphatic heterocycles. The van der Waals surface area contributed by atoms with Crippen molar-refractivity contribution >= 4 is 11.9 Å². The summed E-state index contributed by atoms with van der Waals surface area (Å²) in [4.78, 5) is 23.2. The van der Waals surface area contributed by atoms with Crippen molar-refractivity contribution in [2.45, 2.75) is 39.9 Å². The van der Waals surface area contributed by atoms with Crippen molar-refractivity contribution in [1.29, 1.82) is 0 Å². The molecule has 1 aromatic rings. The summed E-state index contributed by atoms with van der Waals surface area (Å²) < 4.78 is 14.9. The van der Waals surface area contributed by atoms with Crippen LogP contribution in [0.5, 0.6) is 0 Å². The smallest absolute Gasteiger partial charge is 0.375 e. The average molecular weight is 240 g/mol. The van der Waals surface area contributed by atoms with Crippen molar-refractivity contribution < 1.29 is 23.5 Å². The van der Waals surface area contributed by atoms with Gasteiger partial charge in [-0.3, -0.25) is 0 Å². The van der Waals surface area contributed by atoms with Gasteiger partial charge in [0, 0.05) is 0 Å². The molecule has 0 radical (unpaired) electrons. The first-order chi connectivity index (χ1) is 7.91. The van der Waals surface area contributed by atoms with Gasteiger partial charge in [0.25, 0.3) is 0 Å². The molecular weight excluding hydrogens is 224 g/mol. The van der Waals surface area contributed by atoms with E-state index in [1.54, 1.807) is 27.7 Å². The zero-order valence-electron chi connectivity index (χ0n) is 10.4. The number of hydrogen-bond acceptors (Lipinski definition) is 5. The lowest BCUT2D eigenvalue weighted by Crippen LogP contribution is -2.17. The van der Waals surface area contributed by atoms with E-state index in [1.807, 2.05) is 0 Å². The van der Waals surface area contributed by atoms with Gasteiger partial charge < -0.3 is 13.9 Å². The molecule has 0 unspecified atom stereocenters.